The summed E-state index contributed by atoms with van der Waals surface area (Å²) in [4.78, 5) is 20.9. The molecule has 0 fully saturated rings. The normalized spacial score (nSPS) is 12.9. The van der Waals surface area contributed by atoms with Gasteiger partial charge in [0.15, 0.2) is 0 Å². The summed E-state index contributed by atoms with van der Waals surface area (Å²) in [5, 5.41) is 8.83. The van der Waals surface area contributed by atoms with E-state index in [1.165, 1.54) is 6.07 Å². The summed E-state index contributed by atoms with van der Waals surface area (Å²) >= 11 is 0. The van der Waals surface area contributed by atoms with E-state index in [0.29, 0.717) is 5.56 Å². The number of hydrogen-bond donors (Lipinski definition) is 3. The topological polar surface area (TPSA) is 127 Å². The van der Waals surface area contributed by atoms with Gasteiger partial charge < -0.3 is 10.8 Å². The van der Waals surface area contributed by atoms with Crippen molar-refractivity contribution in [3.63, 3.8) is 0 Å². The Balaban J connectivity index is 3.12. The lowest BCUT2D eigenvalue weighted by atomic mass is 10.2. The number of aryl methyl sites for hydroxylation is 1. The quantitative estimate of drug-likeness (QED) is 0.667. The number of hydrogen-bond acceptors (Lipinski definition) is 4. The van der Waals surface area contributed by atoms with Gasteiger partial charge in [-0.3, -0.25) is 9.59 Å². The zero-order valence-corrected chi connectivity index (χ0v) is 11.3. The molecule has 0 heterocycles. The third kappa shape index (κ3) is 4.00. The fraction of sp³-hybridized carbons (Fsp3) is 0.273. The Bertz CT molecular complexity index is 644. The average Bonchev–Trinajstić information content (AvgIpc) is 2.30. The number of benzene rings is 1. The molecule has 0 unspecified atom stereocenters. The lowest BCUT2D eigenvalue weighted by molar-refractivity contribution is -0.140. The van der Waals surface area contributed by atoms with Gasteiger partial charge in [0.2, 0.25) is 15.9 Å². The van der Waals surface area contributed by atoms with Crippen molar-refractivity contribution in [1.82, 2.24) is 4.72 Å². The molecule has 7 nitrogen and oxygen atoms in total. The first-order valence-electron chi connectivity index (χ1n) is 5.43. The summed E-state index contributed by atoms with van der Waals surface area (Å²) in [6, 6.07) is 1.62. The van der Waals surface area contributed by atoms with E-state index in [1.807, 2.05) is 0 Å². The Kier molecular flexibility index (Phi) is 4.79. The second-order valence-corrected chi connectivity index (χ2v) is 5.80. The first kappa shape index (κ1) is 16.1. The van der Waals surface area contributed by atoms with Gasteiger partial charge in [-0.25, -0.2) is 12.8 Å². The van der Waals surface area contributed by atoms with Gasteiger partial charge in [0.25, 0.3) is 0 Å². The van der Waals surface area contributed by atoms with Crippen LogP contribution in [0.1, 0.15) is 12.0 Å². The summed E-state index contributed by atoms with van der Waals surface area (Å²) in [6.45, 7) is 1.55. The van der Waals surface area contributed by atoms with Crippen LogP contribution in [0.25, 0.3) is 0 Å². The number of carbonyl (C=O) groups excluding carboxylic acids is 1. The van der Waals surface area contributed by atoms with Crippen molar-refractivity contribution in [3.8, 4) is 0 Å². The molecule has 0 aliphatic heterocycles. The van der Waals surface area contributed by atoms with E-state index >= 15 is 0 Å². The van der Waals surface area contributed by atoms with E-state index in [1.54, 1.807) is 11.6 Å². The number of sulfonamides is 1. The summed E-state index contributed by atoms with van der Waals surface area (Å²) in [7, 11) is -4.42. The minimum Gasteiger partial charge on any atom is -0.480 e. The van der Waals surface area contributed by atoms with Gasteiger partial charge in [-0.1, -0.05) is 6.07 Å². The van der Waals surface area contributed by atoms with Crippen LogP contribution in [-0.4, -0.2) is 31.4 Å². The van der Waals surface area contributed by atoms with Crippen LogP contribution in [0.2, 0.25) is 0 Å². The van der Waals surface area contributed by atoms with E-state index in [0.717, 1.165) is 12.1 Å². The van der Waals surface area contributed by atoms with E-state index in [9.17, 15) is 22.4 Å². The van der Waals surface area contributed by atoms with E-state index < -0.39 is 45.1 Å². The highest BCUT2D eigenvalue weighted by atomic mass is 32.2. The van der Waals surface area contributed by atoms with Crippen LogP contribution in [0.5, 0.6) is 0 Å². The summed E-state index contributed by atoms with van der Waals surface area (Å²) in [5.41, 5.74) is 5.31. The molecule has 9 heteroatoms. The molecule has 20 heavy (non-hydrogen) atoms. The van der Waals surface area contributed by atoms with Crippen LogP contribution < -0.4 is 10.5 Å². The molecular formula is C11H13FN2O5S. The number of aliphatic carboxylic acids is 1. The van der Waals surface area contributed by atoms with Gasteiger partial charge in [0, 0.05) is 0 Å². The second-order valence-electron chi connectivity index (χ2n) is 4.12. The maximum absolute atomic E-state index is 13.5. The molecule has 4 N–H and O–H groups in total. The second kappa shape index (κ2) is 5.97. The fourth-order valence-electron chi connectivity index (χ4n) is 1.45. The standard InChI is InChI=1S/C11H13FN2O5S/c1-6-2-3-7(12)9(4-6)20(18,19)14-8(11(16)17)5-10(13)15/h2-4,8,14H,5H2,1H3,(H2,13,15)(H,16,17)/t8-/m1/s1. The fourth-order valence-corrected chi connectivity index (χ4v) is 2.80. The molecule has 110 valence electrons. The number of carboxylic acids is 1. The first-order valence-corrected chi connectivity index (χ1v) is 6.91. The van der Waals surface area contributed by atoms with E-state index in [2.05, 4.69) is 0 Å². The zero-order valence-electron chi connectivity index (χ0n) is 10.5. The molecule has 1 atom stereocenters. The van der Waals surface area contributed by atoms with E-state index in [-0.39, 0.29) is 0 Å². The Hall–Kier alpha value is -2.00. The van der Waals surface area contributed by atoms with Crippen LogP contribution in [0, 0.1) is 12.7 Å². The SMILES string of the molecule is Cc1ccc(F)c(S(=O)(=O)N[C@H](CC(N)=O)C(=O)O)c1. The molecule has 0 aromatic heterocycles. The van der Waals surface area contributed by atoms with Crippen molar-refractivity contribution in [2.75, 3.05) is 0 Å². The molecule has 0 aliphatic carbocycles. The lowest BCUT2D eigenvalue weighted by Crippen LogP contribution is -2.43. The van der Waals surface area contributed by atoms with Crippen LogP contribution in [0.3, 0.4) is 0 Å². The minimum absolute atomic E-state index is 0.480. The molecule has 1 aromatic rings. The van der Waals surface area contributed by atoms with Crippen molar-refractivity contribution in [3.05, 3.63) is 29.6 Å². The van der Waals surface area contributed by atoms with Gasteiger partial charge in [-0.15, -0.1) is 0 Å². The Labute approximate surface area is 114 Å². The van der Waals surface area contributed by atoms with Gasteiger partial charge in [0.05, 0.1) is 6.42 Å². The van der Waals surface area contributed by atoms with Crippen molar-refractivity contribution >= 4 is 21.9 Å². The predicted octanol–water partition coefficient (Wildman–Crippen LogP) is -0.259. The minimum atomic E-state index is -4.42. The number of halogens is 1. The smallest absolute Gasteiger partial charge is 0.322 e. The van der Waals surface area contributed by atoms with Crippen molar-refractivity contribution in [2.24, 2.45) is 5.73 Å². The number of carbonyl (C=O) groups is 2. The molecule has 0 radical (unpaired) electrons. The van der Waals surface area contributed by atoms with Gasteiger partial charge >= 0.3 is 5.97 Å². The highest BCUT2D eigenvalue weighted by Gasteiger charge is 2.28. The van der Waals surface area contributed by atoms with Gasteiger partial charge in [-0.2, -0.15) is 4.72 Å². The third-order valence-corrected chi connectivity index (χ3v) is 3.86. The van der Waals surface area contributed by atoms with Crippen LogP contribution in [-0.2, 0) is 19.6 Å². The van der Waals surface area contributed by atoms with Gasteiger partial charge in [-0.05, 0) is 24.6 Å². The van der Waals surface area contributed by atoms with E-state index in [4.69, 9.17) is 10.8 Å². The number of nitrogens with one attached hydrogen (secondary N) is 1. The molecule has 0 aliphatic rings. The molecular weight excluding hydrogens is 291 g/mol. The average molecular weight is 304 g/mol. The van der Waals surface area contributed by atoms with Gasteiger partial charge in [0.1, 0.15) is 16.8 Å². The van der Waals surface area contributed by atoms with Crippen molar-refractivity contribution < 1.29 is 27.5 Å². The number of carboxylic acid groups (broad SMARTS) is 1. The lowest BCUT2D eigenvalue weighted by Gasteiger charge is -2.14. The summed E-state index contributed by atoms with van der Waals surface area (Å²) in [5.74, 6) is -3.60. The summed E-state index contributed by atoms with van der Waals surface area (Å²) < 4.78 is 39.1. The molecule has 0 spiro atoms. The third-order valence-electron chi connectivity index (χ3n) is 2.38. The summed E-state index contributed by atoms with van der Waals surface area (Å²) in [6.07, 6.45) is -0.734. The largest absolute Gasteiger partial charge is 0.480 e. The van der Waals surface area contributed by atoms with Crippen LogP contribution in [0.4, 0.5) is 4.39 Å². The highest BCUT2D eigenvalue weighted by Crippen LogP contribution is 2.16. The molecule has 0 bridgehead atoms. The number of amides is 1. The Morgan fingerprint density at radius 2 is 2.05 bits per heavy atom. The molecule has 0 saturated heterocycles. The molecule has 0 saturated carbocycles. The molecule has 1 rings (SSSR count). The van der Waals surface area contributed by atoms with Crippen molar-refractivity contribution in [2.45, 2.75) is 24.3 Å². The maximum atomic E-state index is 13.5. The number of nitrogens with two attached hydrogens (primary N) is 1. The molecule has 1 amide bonds. The highest BCUT2D eigenvalue weighted by molar-refractivity contribution is 7.89. The Morgan fingerprint density at radius 1 is 1.45 bits per heavy atom. The van der Waals surface area contributed by atoms with Crippen LogP contribution in [0.15, 0.2) is 23.1 Å². The monoisotopic (exact) mass is 304 g/mol. The maximum Gasteiger partial charge on any atom is 0.322 e. The van der Waals surface area contributed by atoms with Crippen LogP contribution >= 0.6 is 0 Å². The number of primary amides is 1. The first-order chi connectivity index (χ1) is 9.13. The van der Waals surface area contributed by atoms with Crippen molar-refractivity contribution in [1.29, 1.82) is 0 Å². The Morgan fingerprint density at radius 3 is 2.55 bits per heavy atom. The predicted molar refractivity (Wildman–Crippen MR) is 66.7 cm³/mol. The zero-order chi connectivity index (χ0) is 15.5. The number of rotatable bonds is 6. The molecule has 1 aromatic carbocycles.